The summed E-state index contributed by atoms with van der Waals surface area (Å²) in [5.41, 5.74) is 6.42. The first-order chi connectivity index (χ1) is 9.31. The van der Waals surface area contributed by atoms with Gasteiger partial charge in [0.1, 0.15) is 10.7 Å². The topological polar surface area (TPSA) is 72.2 Å². The number of halogens is 2. The molecule has 0 aliphatic heterocycles. The average Bonchev–Trinajstić information content (AvgIpc) is 2.33. The molecule has 106 valence electrons. The number of sulfonamides is 1. The van der Waals surface area contributed by atoms with Gasteiger partial charge in [-0.25, -0.2) is 12.8 Å². The lowest BCUT2D eigenvalue weighted by atomic mass is 10.2. The fourth-order valence-electron chi connectivity index (χ4n) is 1.67. The molecule has 0 aliphatic carbocycles. The van der Waals surface area contributed by atoms with E-state index in [0.29, 0.717) is 5.02 Å². The fourth-order valence-corrected chi connectivity index (χ4v) is 3.09. The SMILES string of the molecule is Cc1ccc(NS(=O)(=O)c2c(N)cccc2F)cc1Cl. The fraction of sp³-hybridized carbons (Fsp3) is 0.0769. The molecule has 0 bridgehead atoms. The Bertz CT molecular complexity index is 743. The van der Waals surface area contributed by atoms with Gasteiger partial charge in [0, 0.05) is 5.02 Å². The van der Waals surface area contributed by atoms with Gasteiger partial charge in [0.25, 0.3) is 10.0 Å². The molecule has 2 rings (SSSR count). The van der Waals surface area contributed by atoms with Gasteiger partial charge in [-0.3, -0.25) is 4.72 Å². The highest BCUT2D eigenvalue weighted by Crippen LogP contribution is 2.26. The largest absolute Gasteiger partial charge is 0.398 e. The first kappa shape index (κ1) is 14.6. The molecule has 0 unspecified atom stereocenters. The molecule has 3 N–H and O–H groups in total. The summed E-state index contributed by atoms with van der Waals surface area (Å²) in [6.45, 7) is 1.79. The summed E-state index contributed by atoms with van der Waals surface area (Å²) in [5, 5.41) is 0.409. The van der Waals surface area contributed by atoms with Gasteiger partial charge in [0.15, 0.2) is 0 Å². The van der Waals surface area contributed by atoms with Crippen LogP contribution < -0.4 is 10.5 Å². The molecule has 0 radical (unpaired) electrons. The van der Waals surface area contributed by atoms with E-state index >= 15 is 0 Å². The van der Waals surface area contributed by atoms with E-state index < -0.39 is 20.7 Å². The number of nitrogens with one attached hydrogen (secondary N) is 1. The van der Waals surface area contributed by atoms with Gasteiger partial charge >= 0.3 is 0 Å². The zero-order valence-corrected chi connectivity index (χ0v) is 12.1. The van der Waals surface area contributed by atoms with Gasteiger partial charge in [0.2, 0.25) is 0 Å². The number of anilines is 2. The molecule has 0 saturated carbocycles. The highest BCUT2D eigenvalue weighted by atomic mass is 35.5. The number of hydrogen-bond donors (Lipinski definition) is 2. The molecule has 0 atom stereocenters. The average molecular weight is 315 g/mol. The van der Waals surface area contributed by atoms with E-state index in [-0.39, 0.29) is 11.4 Å². The van der Waals surface area contributed by atoms with Gasteiger partial charge in [-0.15, -0.1) is 0 Å². The lowest BCUT2D eigenvalue weighted by Crippen LogP contribution is -2.16. The van der Waals surface area contributed by atoms with E-state index in [4.69, 9.17) is 17.3 Å². The first-order valence-corrected chi connectivity index (χ1v) is 7.50. The molecule has 0 aromatic heterocycles. The van der Waals surface area contributed by atoms with Crippen molar-refractivity contribution in [3.05, 3.63) is 52.8 Å². The second kappa shape index (κ2) is 5.30. The molecule has 0 saturated heterocycles. The molecule has 0 amide bonds. The van der Waals surface area contributed by atoms with Gasteiger partial charge in [0.05, 0.1) is 11.4 Å². The van der Waals surface area contributed by atoms with Crippen LogP contribution in [0.2, 0.25) is 5.02 Å². The second-order valence-electron chi connectivity index (χ2n) is 4.23. The molecule has 0 heterocycles. The first-order valence-electron chi connectivity index (χ1n) is 5.64. The molecule has 7 heteroatoms. The maximum Gasteiger partial charge on any atom is 0.266 e. The Kier molecular flexibility index (Phi) is 3.87. The van der Waals surface area contributed by atoms with Crippen molar-refractivity contribution < 1.29 is 12.8 Å². The van der Waals surface area contributed by atoms with Gasteiger partial charge in [-0.05, 0) is 36.8 Å². The summed E-state index contributed by atoms with van der Waals surface area (Å²) in [6.07, 6.45) is 0. The summed E-state index contributed by atoms with van der Waals surface area (Å²) in [6, 6.07) is 8.34. The van der Waals surface area contributed by atoms with Crippen LogP contribution in [-0.2, 0) is 10.0 Å². The third-order valence-electron chi connectivity index (χ3n) is 2.69. The summed E-state index contributed by atoms with van der Waals surface area (Å²) in [5.74, 6) is -0.907. The van der Waals surface area contributed by atoms with Crippen molar-refractivity contribution in [3.63, 3.8) is 0 Å². The van der Waals surface area contributed by atoms with Crippen molar-refractivity contribution in [1.29, 1.82) is 0 Å². The Labute approximate surface area is 121 Å². The van der Waals surface area contributed by atoms with Crippen LogP contribution in [0.25, 0.3) is 0 Å². The lowest BCUT2D eigenvalue weighted by Gasteiger charge is -2.11. The van der Waals surface area contributed by atoms with E-state index in [0.717, 1.165) is 11.6 Å². The molecule has 0 fully saturated rings. The number of rotatable bonds is 3. The van der Waals surface area contributed by atoms with Crippen molar-refractivity contribution in [3.8, 4) is 0 Å². The minimum absolute atomic E-state index is 0.157. The van der Waals surface area contributed by atoms with E-state index in [2.05, 4.69) is 4.72 Å². The van der Waals surface area contributed by atoms with Crippen LogP contribution in [0.4, 0.5) is 15.8 Å². The Balaban J connectivity index is 2.43. The van der Waals surface area contributed by atoms with Crippen LogP contribution in [0.5, 0.6) is 0 Å². The normalized spacial score (nSPS) is 11.3. The molecular formula is C13H12ClFN2O2S. The van der Waals surface area contributed by atoms with Crippen LogP contribution in [0.15, 0.2) is 41.3 Å². The van der Waals surface area contributed by atoms with E-state index in [1.807, 2.05) is 0 Å². The number of hydrogen-bond acceptors (Lipinski definition) is 3. The predicted octanol–water partition coefficient (Wildman–Crippen LogP) is 3.17. The number of nitrogen functional groups attached to an aromatic ring is 1. The third-order valence-corrected chi connectivity index (χ3v) is 4.57. The Morgan fingerprint density at radius 1 is 1.25 bits per heavy atom. The van der Waals surface area contributed by atoms with Crippen molar-refractivity contribution in [2.45, 2.75) is 11.8 Å². The van der Waals surface area contributed by atoms with Crippen molar-refractivity contribution in [2.75, 3.05) is 10.5 Å². The molecular weight excluding hydrogens is 303 g/mol. The smallest absolute Gasteiger partial charge is 0.266 e. The molecule has 2 aromatic carbocycles. The second-order valence-corrected chi connectivity index (χ2v) is 6.25. The lowest BCUT2D eigenvalue weighted by molar-refractivity contribution is 0.572. The number of benzene rings is 2. The Morgan fingerprint density at radius 2 is 1.95 bits per heavy atom. The van der Waals surface area contributed by atoms with Crippen molar-refractivity contribution in [2.24, 2.45) is 0 Å². The van der Waals surface area contributed by atoms with Crippen LogP contribution in [-0.4, -0.2) is 8.42 Å². The number of nitrogens with two attached hydrogens (primary N) is 1. The van der Waals surface area contributed by atoms with E-state index in [1.54, 1.807) is 13.0 Å². The maximum atomic E-state index is 13.7. The summed E-state index contributed by atoms with van der Waals surface area (Å²) < 4.78 is 40.2. The van der Waals surface area contributed by atoms with Gasteiger partial charge in [-0.1, -0.05) is 23.7 Å². The highest BCUT2D eigenvalue weighted by Gasteiger charge is 2.22. The predicted molar refractivity (Wildman–Crippen MR) is 77.8 cm³/mol. The molecule has 0 spiro atoms. The van der Waals surface area contributed by atoms with Crippen LogP contribution in [0, 0.1) is 12.7 Å². The Hall–Kier alpha value is -1.79. The molecule has 4 nitrogen and oxygen atoms in total. The molecule has 2 aromatic rings. The molecule has 20 heavy (non-hydrogen) atoms. The summed E-state index contributed by atoms with van der Waals surface area (Å²) in [4.78, 5) is -0.573. The minimum Gasteiger partial charge on any atom is -0.398 e. The monoisotopic (exact) mass is 314 g/mol. The van der Waals surface area contributed by atoms with Gasteiger partial charge < -0.3 is 5.73 Å². The van der Waals surface area contributed by atoms with Gasteiger partial charge in [-0.2, -0.15) is 0 Å². The van der Waals surface area contributed by atoms with Crippen LogP contribution >= 0.6 is 11.6 Å². The summed E-state index contributed by atoms with van der Waals surface area (Å²) >= 11 is 5.92. The maximum absolute atomic E-state index is 13.7. The molecule has 0 aliphatic rings. The zero-order valence-electron chi connectivity index (χ0n) is 10.5. The van der Waals surface area contributed by atoms with Crippen molar-refractivity contribution in [1.82, 2.24) is 0 Å². The minimum atomic E-state index is -4.11. The van der Waals surface area contributed by atoms with Crippen LogP contribution in [0.1, 0.15) is 5.56 Å². The summed E-state index contributed by atoms with van der Waals surface area (Å²) in [7, 11) is -4.11. The van der Waals surface area contributed by atoms with Crippen molar-refractivity contribution >= 4 is 33.0 Å². The van der Waals surface area contributed by atoms with E-state index in [9.17, 15) is 12.8 Å². The highest BCUT2D eigenvalue weighted by molar-refractivity contribution is 7.92. The zero-order chi connectivity index (χ0) is 14.9. The Morgan fingerprint density at radius 3 is 2.55 bits per heavy atom. The standard InChI is InChI=1S/C13H12ClFN2O2S/c1-8-5-6-9(7-10(8)14)17-20(18,19)13-11(15)3-2-4-12(13)16/h2-7,17H,16H2,1H3. The van der Waals surface area contributed by atoms with E-state index in [1.165, 1.54) is 24.3 Å². The van der Waals surface area contributed by atoms with Crippen LogP contribution in [0.3, 0.4) is 0 Å². The number of aryl methyl sites for hydroxylation is 1. The third kappa shape index (κ3) is 2.86. The quantitative estimate of drug-likeness (QED) is 0.855.